The molecular formula is C13H18N2O2. The molecule has 0 amide bonds. The molecule has 0 heterocycles. The lowest BCUT2D eigenvalue weighted by molar-refractivity contribution is -0.385. The molecule has 0 saturated carbocycles. The maximum absolute atomic E-state index is 10.8. The largest absolute Gasteiger partial charge is 0.316 e. The van der Waals surface area contributed by atoms with E-state index in [1.807, 2.05) is 19.2 Å². The van der Waals surface area contributed by atoms with Crippen LogP contribution in [-0.2, 0) is 0 Å². The summed E-state index contributed by atoms with van der Waals surface area (Å²) in [7, 11) is 1.89. The first-order chi connectivity index (χ1) is 8.08. The molecule has 0 fully saturated rings. The van der Waals surface area contributed by atoms with Crippen LogP contribution in [0.5, 0.6) is 0 Å². The predicted octanol–water partition coefficient (Wildman–Crippen LogP) is 2.92. The molecule has 1 N–H and O–H groups in total. The molecule has 0 aliphatic rings. The number of aryl methyl sites for hydroxylation is 1. The highest BCUT2D eigenvalue weighted by Crippen LogP contribution is 2.21. The first-order valence-corrected chi connectivity index (χ1v) is 5.67. The molecule has 1 aromatic rings. The van der Waals surface area contributed by atoms with E-state index in [0.29, 0.717) is 5.56 Å². The molecule has 0 aliphatic heterocycles. The van der Waals surface area contributed by atoms with Crippen LogP contribution < -0.4 is 5.32 Å². The van der Waals surface area contributed by atoms with Crippen molar-refractivity contribution in [1.82, 2.24) is 5.32 Å². The number of rotatable bonds is 5. The molecule has 0 radical (unpaired) electrons. The Labute approximate surface area is 101 Å². The van der Waals surface area contributed by atoms with E-state index in [9.17, 15) is 10.1 Å². The highest BCUT2D eigenvalue weighted by molar-refractivity contribution is 5.58. The second-order valence-corrected chi connectivity index (χ2v) is 3.99. The summed E-state index contributed by atoms with van der Waals surface area (Å²) in [6, 6.07) is 5.32. The number of nitrogens with zero attached hydrogens (tertiary/aromatic N) is 1. The van der Waals surface area contributed by atoms with Crippen molar-refractivity contribution < 1.29 is 4.92 Å². The number of likely N-dealkylation sites (N-methyl/N-ethyl adjacent to an activating group) is 1. The third kappa shape index (κ3) is 3.67. The van der Waals surface area contributed by atoms with E-state index < -0.39 is 0 Å². The van der Waals surface area contributed by atoms with Gasteiger partial charge in [-0.25, -0.2) is 0 Å². The van der Waals surface area contributed by atoms with Crippen LogP contribution in [0.4, 0.5) is 5.69 Å². The predicted molar refractivity (Wildman–Crippen MR) is 70.0 cm³/mol. The Balaban J connectivity index is 3.07. The number of nitro benzene ring substituents is 1. The fraction of sp³-hybridized carbons (Fsp3) is 0.385. The van der Waals surface area contributed by atoms with Gasteiger partial charge in [-0.1, -0.05) is 30.7 Å². The van der Waals surface area contributed by atoms with Crippen LogP contribution in [0.2, 0.25) is 0 Å². The Morgan fingerprint density at radius 1 is 1.53 bits per heavy atom. The highest BCUT2D eigenvalue weighted by Gasteiger charge is 2.10. The maximum atomic E-state index is 10.8. The molecule has 0 aromatic heterocycles. The average molecular weight is 234 g/mol. The van der Waals surface area contributed by atoms with Gasteiger partial charge in [0, 0.05) is 18.2 Å². The normalized spacial score (nSPS) is 11.6. The van der Waals surface area contributed by atoms with Gasteiger partial charge in [-0.15, -0.1) is 0 Å². The Bertz CT molecular complexity index is 439. The van der Waals surface area contributed by atoms with Crippen LogP contribution in [0.3, 0.4) is 0 Å². The van der Waals surface area contributed by atoms with Crippen LogP contribution in [0.15, 0.2) is 23.8 Å². The molecular weight excluding hydrogens is 216 g/mol. The Morgan fingerprint density at radius 3 is 2.76 bits per heavy atom. The van der Waals surface area contributed by atoms with Crippen LogP contribution in [0.1, 0.15) is 24.5 Å². The number of hydrogen-bond donors (Lipinski definition) is 1. The van der Waals surface area contributed by atoms with E-state index in [1.165, 1.54) is 5.57 Å². The zero-order valence-corrected chi connectivity index (χ0v) is 10.5. The third-order valence-electron chi connectivity index (χ3n) is 2.66. The number of hydrogen-bond acceptors (Lipinski definition) is 3. The van der Waals surface area contributed by atoms with Gasteiger partial charge in [0.1, 0.15) is 0 Å². The van der Waals surface area contributed by atoms with E-state index >= 15 is 0 Å². The minimum atomic E-state index is -0.337. The lowest BCUT2D eigenvalue weighted by Gasteiger charge is -2.04. The zero-order valence-electron chi connectivity index (χ0n) is 10.5. The molecule has 4 heteroatoms. The Hall–Kier alpha value is -1.68. The summed E-state index contributed by atoms with van der Waals surface area (Å²) >= 11 is 0. The van der Waals surface area contributed by atoms with Crippen LogP contribution in [0, 0.1) is 17.0 Å². The summed E-state index contributed by atoms with van der Waals surface area (Å²) in [4.78, 5) is 10.5. The molecule has 1 rings (SSSR count). The zero-order chi connectivity index (χ0) is 12.8. The van der Waals surface area contributed by atoms with Crippen molar-refractivity contribution in [3.63, 3.8) is 0 Å². The second kappa shape index (κ2) is 6.15. The summed E-state index contributed by atoms with van der Waals surface area (Å²) in [6.45, 7) is 4.63. The Kier molecular flexibility index (Phi) is 4.84. The topological polar surface area (TPSA) is 55.2 Å². The average Bonchev–Trinajstić information content (AvgIpc) is 2.30. The molecule has 4 nitrogen and oxygen atoms in total. The van der Waals surface area contributed by atoms with Gasteiger partial charge in [-0.3, -0.25) is 10.1 Å². The van der Waals surface area contributed by atoms with Crippen LogP contribution >= 0.6 is 0 Å². The SMILES string of the molecule is CCC(=Cc1ccc(C)c([N+](=O)[O-])c1)CNC. The monoisotopic (exact) mass is 234 g/mol. The van der Waals surface area contributed by atoms with Crippen molar-refractivity contribution in [3.05, 3.63) is 45.0 Å². The lowest BCUT2D eigenvalue weighted by Crippen LogP contribution is -2.09. The molecule has 92 valence electrons. The number of nitro groups is 1. The maximum Gasteiger partial charge on any atom is 0.272 e. The molecule has 1 aromatic carbocycles. The van der Waals surface area contributed by atoms with Gasteiger partial charge in [0.25, 0.3) is 5.69 Å². The second-order valence-electron chi connectivity index (χ2n) is 3.99. The molecule has 0 saturated heterocycles. The lowest BCUT2D eigenvalue weighted by atomic mass is 10.1. The summed E-state index contributed by atoms with van der Waals surface area (Å²) < 4.78 is 0. The third-order valence-corrected chi connectivity index (χ3v) is 2.66. The van der Waals surface area contributed by atoms with Crippen molar-refractivity contribution in [2.24, 2.45) is 0 Å². The first kappa shape index (κ1) is 13.4. The van der Waals surface area contributed by atoms with Crippen molar-refractivity contribution in [2.45, 2.75) is 20.3 Å². The Morgan fingerprint density at radius 2 is 2.24 bits per heavy atom. The fourth-order valence-corrected chi connectivity index (χ4v) is 1.65. The van der Waals surface area contributed by atoms with Gasteiger partial charge < -0.3 is 5.32 Å². The van der Waals surface area contributed by atoms with Crippen molar-refractivity contribution in [1.29, 1.82) is 0 Å². The number of nitrogens with one attached hydrogen (secondary N) is 1. The van der Waals surface area contributed by atoms with Gasteiger partial charge in [0.15, 0.2) is 0 Å². The van der Waals surface area contributed by atoms with Crippen molar-refractivity contribution in [2.75, 3.05) is 13.6 Å². The molecule has 0 unspecified atom stereocenters. The van der Waals surface area contributed by atoms with Crippen molar-refractivity contribution in [3.8, 4) is 0 Å². The van der Waals surface area contributed by atoms with Crippen LogP contribution in [0.25, 0.3) is 6.08 Å². The van der Waals surface area contributed by atoms with E-state index in [1.54, 1.807) is 19.1 Å². The minimum Gasteiger partial charge on any atom is -0.316 e. The molecule has 0 bridgehead atoms. The summed E-state index contributed by atoms with van der Waals surface area (Å²) in [5.74, 6) is 0. The van der Waals surface area contributed by atoms with Gasteiger partial charge in [-0.05, 0) is 26.0 Å². The van der Waals surface area contributed by atoms with Crippen molar-refractivity contribution >= 4 is 11.8 Å². The molecule has 0 spiro atoms. The highest BCUT2D eigenvalue weighted by atomic mass is 16.6. The first-order valence-electron chi connectivity index (χ1n) is 5.67. The van der Waals surface area contributed by atoms with Crippen LogP contribution in [-0.4, -0.2) is 18.5 Å². The van der Waals surface area contributed by atoms with Gasteiger partial charge in [-0.2, -0.15) is 0 Å². The smallest absolute Gasteiger partial charge is 0.272 e. The van der Waals surface area contributed by atoms with E-state index in [4.69, 9.17) is 0 Å². The minimum absolute atomic E-state index is 0.179. The molecule has 0 atom stereocenters. The van der Waals surface area contributed by atoms with Gasteiger partial charge in [0.05, 0.1) is 4.92 Å². The van der Waals surface area contributed by atoms with E-state index in [-0.39, 0.29) is 10.6 Å². The summed E-state index contributed by atoms with van der Waals surface area (Å²) in [6.07, 6.45) is 2.94. The number of benzene rings is 1. The molecule has 17 heavy (non-hydrogen) atoms. The van der Waals surface area contributed by atoms with Gasteiger partial charge >= 0.3 is 0 Å². The quantitative estimate of drug-likeness (QED) is 0.629. The summed E-state index contributed by atoms with van der Waals surface area (Å²) in [5.41, 5.74) is 2.98. The summed E-state index contributed by atoms with van der Waals surface area (Å²) in [5, 5.41) is 13.9. The van der Waals surface area contributed by atoms with E-state index in [2.05, 4.69) is 12.2 Å². The van der Waals surface area contributed by atoms with Gasteiger partial charge in [0.2, 0.25) is 0 Å². The fourth-order valence-electron chi connectivity index (χ4n) is 1.65. The standard InChI is InChI=1S/C13H18N2O2/c1-4-11(9-14-3)7-12-6-5-10(2)13(8-12)15(16)17/h5-8,14H,4,9H2,1-3H3. The van der Waals surface area contributed by atoms with E-state index in [0.717, 1.165) is 18.5 Å². The molecule has 0 aliphatic carbocycles.